The van der Waals surface area contributed by atoms with Crippen molar-refractivity contribution in [3.05, 3.63) is 29.3 Å². The summed E-state index contributed by atoms with van der Waals surface area (Å²) in [5.74, 6) is 0. The standard InChI is InChI=1S/C12H18ClO3PS/c1-9(2)15-17(14,16-10(3)4)18-12-7-5-11(13)6-8-12/h5-10H,1-4H3. The van der Waals surface area contributed by atoms with Crippen LogP contribution in [0.4, 0.5) is 0 Å². The summed E-state index contributed by atoms with van der Waals surface area (Å²) in [7, 11) is 0. The first-order valence-electron chi connectivity index (χ1n) is 5.73. The first kappa shape index (κ1) is 16.1. The van der Waals surface area contributed by atoms with Crippen LogP contribution < -0.4 is 0 Å². The van der Waals surface area contributed by atoms with E-state index < -0.39 is 6.80 Å². The van der Waals surface area contributed by atoms with Crippen LogP contribution in [0.25, 0.3) is 0 Å². The summed E-state index contributed by atoms with van der Waals surface area (Å²) in [6.45, 7) is 4.13. The van der Waals surface area contributed by atoms with Crippen LogP contribution in [0.1, 0.15) is 27.7 Å². The number of hydrogen-bond donors (Lipinski definition) is 0. The molecule has 102 valence electrons. The highest BCUT2D eigenvalue weighted by Crippen LogP contribution is 2.64. The topological polar surface area (TPSA) is 35.5 Å². The van der Waals surface area contributed by atoms with Crippen molar-refractivity contribution < 1.29 is 13.6 Å². The van der Waals surface area contributed by atoms with Crippen LogP contribution >= 0.6 is 29.8 Å². The molecule has 0 N–H and O–H groups in total. The molecule has 1 aromatic rings. The van der Waals surface area contributed by atoms with E-state index >= 15 is 0 Å². The molecule has 1 rings (SSSR count). The second-order valence-corrected chi connectivity index (χ2v) is 8.60. The molecule has 0 saturated heterocycles. The van der Waals surface area contributed by atoms with Crippen LogP contribution in [0.5, 0.6) is 0 Å². The lowest BCUT2D eigenvalue weighted by atomic mass is 10.4. The van der Waals surface area contributed by atoms with Gasteiger partial charge in [0.1, 0.15) is 0 Å². The Morgan fingerprint density at radius 3 is 1.89 bits per heavy atom. The van der Waals surface area contributed by atoms with E-state index in [2.05, 4.69) is 0 Å². The van der Waals surface area contributed by atoms with Crippen molar-refractivity contribution in [2.75, 3.05) is 0 Å². The summed E-state index contributed by atoms with van der Waals surface area (Å²) < 4.78 is 23.5. The van der Waals surface area contributed by atoms with Gasteiger partial charge in [-0.15, -0.1) is 0 Å². The minimum absolute atomic E-state index is 0.158. The molecule has 0 atom stereocenters. The van der Waals surface area contributed by atoms with Gasteiger partial charge in [-0.2, -0.15) is 0 Å². The average molecular weight is 309 g/mol. The molecule has 0 heterocycles. The van der Waals surface area contributed by atoms with Crippen molar-refractivity contribution in [1.29, 1.82) is 0 Å². The lowest BCUT2D eigenvalue weighted by Crippen LogP contribution is -2.05. The van der Waals surface area contributed by atoms with Gasteiger partial charge in [-0.1, -0.05) is 11.6 Å². The largest absolute Gasteiger partial charge is 0.394 e. The van der Waals surface area contributed by atoms with Gasteiger partial charge in [0.25, 0.3) is 0 Å². The zero-order valence-electron chi connectivity index (χ0n) is 10.9. The van der Waals surface area contributed by atoms with Crippen molar-refractivity contribution in [3.63, 3.8) is 0 Å². The summed E-state index contributed by atoms with van der Waals surface area (Å²) in [4.78, 5) is 0.809. The monoisotopic (exact) mass is 308 g/mol. The first-order valence-corrected chi connectivity index (χ1v) is 9.07. The van der Waals surface area contributed by atoms with Crippen LogP contribution in [0.3, 0.4) is 0 Å². The molecule has 0 radical (unpaired) electrons. The minimum Gasteiger partial charge on any atom is -0.298 e. The van der Waals surface area contributed by atoms with Crippen LogP contribution in [0.2, 0.25) is 5.02 Å². The van der Waals surface area contributed by atoms with Crippen molar-refractivity contribution in [1.82, 2.24) is 0 Å². The van der Waals surface area contributed by atoms with Gasteiger partial charge in [0.05, 0.1) is 12.2 Å². The first-order chi connectivity index (χ1) is 8.31. The van der Waals surface area contributed by atoms with E-state index in [1.807, 2.05) is 27.7 Å². The molecular formula is C12H18ClO3PS. The summed E-state index contributed by atoms with van der Waals surface area (Å²) in [6.07, 6.45) is -0.316. The molecule has 6 heteroatoms. The molecule has 0 spiro atoms. The van der Waals surface area contributed by atoms with Gasteiger partial charge >= 0.3 is 6.80 Å². The molecule has 0 aliphatic rings. The van der Waals surface area contributed by atoms with Crippen molar-refractivity contribution in [2.45, 2.75) is 44.8 Å². The average Bonchev–Trinajstić information content (AvgIpc) is 2.18. The van der Waals surface area contributed by atoms with E-state index in [0.717, 1.165) is 16.3 Å². The highest BCUT2D eigenvalue weighted by atomic mass is 35.5. The van der Waals surface area contributed by atoms with E-state index in [9.17, 15) is 4.57 Å². The second kappa shape index (κ2) is 6.97. The summed E-state index contributed by atoms with van der Waals surface area (Å²) in [5.41, 5.74) is 0. The van der Waals surface area contributed by atoms with E-state index in [0.29, 0.717) is 5.02 Å². The Morgan fingerprint density at radius 2 is 1.50 bits per heavy atom. The summed E-state index contributed by atoms with van der Waals surface area (Å²) in [5, 5.41) is 0.642. The maximum absolute atomic E-state index is 12.6. The Morgan fingerprint density at radius 1 is 1.06 bits per heavy atom. The van der Waals surface area contributed by atoms with Gasteiger partial charge in [0.15, 0.2) is 0 Å². The molecule has 1 aromatic carbocycles. The van der Waals surface area contributed by atoms with Crippen molar-refractivity contribution in [2.24, 2.45) is 0 Å². The number of halogens is 1. The molecule has 0 fully saturated rings. The molecule has 0 aliphatic heterocycles. The SMILES string of the molecule is CC(C)OP(=O)(OC(C)C)Sc1ccc(Cl)cc1. The maximum atomic E-state index is 12.6. The molecule has 0 bridgehead atoms. The second-order valence-electron chi connectivity index (χ2n) is 4.30. The van der Waals surface area contributed by atoms with Gasteiger partial charge in [0.2, 0.25) is 0 Å². The predicted octanol–water partition coefficient (Wildman–Crippen LogP) is 5.39. The van der Waals surface area contributed by atoms with Gasteiger partial charge in [0, 0.05) is 9.92 Å². The van der Waals surface area contributed by atoms with Gasteiger partial charge in [-0.3, -0.25) is 9.05 Å². The molecular weight excluding hydrogens is 291 g/mol. The lowest BCUT2D eigenvalue weighted by molar-refractivity contribution is 0.156. The number of rotatable bonds is 6. The van der Waals surface area contributed by atoms with Crippen LogP contribution in [0, 0.1) is 0 Å². The Labute approximate surface area is 117 Å². The summed E-state index contributed by atoms with van der Waals surface area (Å²) in [6, 6.07) is 7.10. The molecule has 0 aliphatic carbocycles. The third-order valence-corrected chi connectivity index (χ3v) is 5.85. The lowest BCUT2D eigenvalue weighted by Gasteiger charge is -2.21. The number of hydrogen-bond acceptors (Lipinski definition) is 4. The van der Waals surface area contributed by atoms with E-state index in [1.54, 1.807) is 24.3 Å². The molecule has 0 amide bonds. The van der Waals surface area contributed by atoms with Gasteiger partial charge in [-0.05, 0) is 63.3 Å². The van der Waals surface area contributed by atoms with E-state index in [4.69, 9.17) is 20.6 Å². The maximum Gasteiger partial charge on any atom is 0.394 e. The minimum atomic E-state index is -3.20. The fourth-order valence-electron chi connectivity index (χ4n) is 1.21. The third kappa shape index (κ3) is 5.77. The third-order valence-electron chi connectivity index (χ3n) is 1.71. The number of benzene rings is 1. The Hall–Kier alpha value is 0.01000. The molecule has 0 saturated carbocycles. The van der Waals surface area contributed by atoms with E-state index in [1.165, 1.54) is 0 Å². The van der Waals surface area contributed by atoms with Gasteiger partial charge < -0.3 is 0 Å². The Balaban J connectivity index is 2.84. The Bertz CT molecular complexity index is 406. The van der Waals surface area contributed by atoms with Crippen LogP contribution in [0.15, 0.2) is 29.2 Å². The quantitative estimate of drug-likeness (QED) is 0.660. The molecule has 0 aromatic heterocycles. The highest BCUT2D eigenvalue weighted by Gasteiger charge is 2.29. The van der Waals surface area contributed by atoms with Crippen LogP contribution in [-0.2, 0) is 13.6 Å². The normalized spacial score (nSPS) is 12.4. The zero-order valence-corrected chi connectivity index (χ0v) is 13.4. The van der Waals surface area contributed by atoms with Crippen molar-refractivity contribution >= 4 is 29.8 Å². The summed E-state index contributed by atoms with van der Waals surface area (Å²) >= 11 is 6.92. The molecule has 3 nitrogen and oxygen atoms in total. The fourth-order valence-corrected chi connectivity index (χ4v) is 5.45. The zero-order chi connectivity index (χ0) is 13.8. The molecule has 0 unspecified atom stereocenters. The van der Waals surface area contributed by atoms with Crippen molar-refractivity contribution in [3.8, 4) is 0 Å². The Kier molecular flexibility index (Phi) is 6.22. The van der Waals surface area contributed by atoms with Crippen LogP contribution in [-0.4, -0.2) is 12.2 Å². The fraction of sp³-hybridized carbons (Fsp3) is 0.500. The smallest absolute Gasteiger partial charge is 0.298 e. The van der Waals surface area contributed by atoms with Gasteiger partial charge in [-0.25, -0.2) is 4.57 Å². The predicted molar refractivity (Wildman–Crippen MR) is 77.4 cm³/mol. The highest BCUT2D eigenvalue weighted by molar-refractivity contribution is 8.55. The molecule has 18 heavy (non-hydrogen) atoms. The van der Waals surface area contributed by atoms with E-state index in [-0.39, 0.29) is 12.2 Å².